The maximum atomic E-state index is 13.8. The minimum absolute atomic E-state index is 0.0534. The van der Waals surface area contributed by atoms with E-state index in [0.717, 1.165) is 23.1 Å². The Labute approximate surface area is 212 Å². The molecule has 2 unspecified atom stereocenters. The number of nitrogens with zero attached hydrogens (tertiary/aromatic N) is 2. The lowest BCUT2D eigenvalue weighted by Gasteiger charge is -2.32. The number of nitro groups is 1. The quantitative estimate of drug-likeness (QED) is 0.304. The fourth-order valence-electron chi connectivity index (χ4n) is 3.99. The van der Waals surface area contributed by atoms with E-state index in [1.165, 1.54) is 6.07 Å². The lowest BCUT2D eigenvalue weighted by Crippen LogP contribution is -2.52. The van der Waals surface area contributed by atoms with Crippen molar-refractivity contribution in [3.63, 3.8) is 0 Å². The molecule has 2 amide bonds. The van der Waals surface area contributed by atoms with Crippen molar-refractivity contribution in [3.05, 3.63) is 111 Å². The first-order chi connectivity index (χ1) is 17.3. The van der Waals surface area contributed by atoms with Crippen LogP contribution in [0.3, 0.4) is 0 Å². The van der Waals surface area contributed by atoms with Gasteiger partial charge in [-0.1, -0.05) is 85.3 Å². The maximum absolute atomic E-state index is 13.8. The molecule has 36 heavy (non-hydrogen) atoms. The molecule has 0 fully saturated rings. The molecule has 7 nitrogen and oxygen atoms in total. The lowest BCUT2D eigenvalue weighted by molar-refractivity contribution is -0.385. The second-order valence-electron chi connectivity index (χ2n) is 9.09. The normalized spacial score (nSPS) is 12.4. The molecule has 3 aromatic rings. The van der Waals surface area contributed by atoms with E-state index in [4.69, 9.17) is 0 Å². The molecule has 1 N–H and O–H groups in total. The Kier molecular flexibility index (Phi) is 9.33. The van der Waals surface area contributed by atoms with Gasteiger partial charge in [-0.3, -0.25) is 19.7 Å². The molecule has 0 saturated heterocycles. The van der Waals surface area contributed by atoms with Crippen molar-refractivity contribution in [1.29, 1.82) is 0 Å². The van der Waals surface area contributed by atoms with Gasteiger partial charge in [0, 0.05) is 30.6 Å². The molecule has 0 aliphatic carbocycles. The molecule has 0 heterocycles. The van der Waals surface area contributed by atoms with E-state index in [1.807, 2.05) is 75.4 Å². The minimum Gasteiger partial charge on any atom is -0.352 e. The molecule has 2 atom stereocenters. The highest BCUT2D eigenvalue weighted by atomic mass is 16.6. The monoisotopic (exact) mass is 487 g/mol. The molecule has 0 aliphatic heterocycles. The number of nitrogens with one attached hydrogen (secondary N) is 1. The van der Waals surface area contributed by atoms with Crippen LogP contribution in [0.1, 0.15) is 42.5 Å². The van der Waals surface area contributed by atoms with Crippen molar-refractivity contribution < 1.29 is 14.5 Å². The van der Waals surface area contributed by atoms with E-state index >= 15 is 0 Å². The summed E-state index contributed by atoms with van der Waals surface area (Å²) in [5.74, 6) is -0.582. The van der Waals surface area contributed by atoms with Gasteiger partial charge in [0.2, 0.25) is 11.8 Å². The molecule has 0 aromatic heterocycles. The highest BCUT2D eigenvalue weighted by molar-refractivity contribution is 5.89. The highest BCUT2D eigenvalue weighted by Crippen LogP contribution is 2.22. The zero-order valence-corrected chi connectivity index (χ0v) is 21.0. The fourth-order valence-corrected chi connectivity index (χ4v) is 3.99. The zero-order valence-electron chi connectivity index (χ0n) is 21.0. The van der Waals surface area contributed by atoms with Crippen molar-refractivity contribution >= 4 is 17.5 Å². The van der Waals surface area contributed by atoms with Crippen LogP contribution in [0.25, 0.3) is 0 Å². The van der Waals surface area contributed by atoms with Gasteiger partial charge in [0.1, 0.15) is 6.04 Å². The van der Waals surface area contributed by atoms with E-state index in [1.54, 1.807) is 23.1 Å². The van der Waals surface area contributed by atoms with E-state index in [2.05, 4.69) is 5.32 Å². The Balaban J connectivity index is 2.01. The van der Waals surface area contributed by atoms with Gasteiger partial charge in [-0.2, -0.15) is 0 Å². The van der Waals surface area contributed by atoms with Gasteiger partial charge in [0.15, 0.2) is 0 Å². The molecule has 7 heteroatoms. The third-order valence-corrected chi connectivity index (χ3v) is 6.28. The van der Waals surface area contributed by atoms with Crippen LogP contribution in [0.15, 0.2) is 78.9 Å². The molecule has 3 rings (SSSR count). The summed E-state index contributed by atoms with van der Waals surface area (Å²) < 4.78 is 0. The molecule has 0 aliphatic rings. The summed E-state index contributed by atoms with van der Waals surface area (Å²) in [5, 5.41) is 14.6. The first-order valence-electron chi connectivity index (χ1n) is 12.2. The number of amides is 2. The molecule has 0 spiro atoms. The van der Waals surface area contributed by atoms with Crippen LogP contribution >= 0.6 is 0 Å². The van der Waals surface area contributed by atoms with Gasteiger partial charge in [0.05, 0.1) is 11.3 Å². The average Bonchev–Trinajstić information content (AvgIpc) is 2.87. The SMILES string of the molecule is CCC(C)NC(=O)C(Cc1ccccc1)N(Cc1ccc(C)cc1)C(=O)Cc1ccccc1[N+](=O)[O-]. The van der Waals surface area contributed by atoms with Gasteiger partial charge in [-0.05, 0) is 31.4 Å². The Bertz CT molecular complexity index is 1180. The van der Waals surface area contributed by atoms with Gasteiger partial charge in [-0.15, -0.1) is 0 Å². The Morgan fingerprint density at radius 1 is 0.944 bits per heavy atom. The number of aryl methyl sites for hydroxylation is 1. The maximum Gasteiger partial charge on any atom is 0.273 e. The highest BCUT2D eigenvalue weighted by Gasteiger charge is 2.32. The van der Waals surface area contributed by atoms with Crippen LogP contribution < -0.4 is 5.32 Å². The third kappa shape index (κ3) is 7.25. The van der Waals surface area contributed by atoms with Crippen molar-refractivity contribution in [2.75, 3.05) is 0 Å². The standard InChI is InChI=1S/C29H33N3O4/c1-4-22(3)30-29(34)27(18-23-10-6-5-7-11-23)31(20-24-16-14-21(2)15-17-24)28(33)19-25-12-8-9-13-26(25)32(35)36/h5-17,22,27H,4,18-20H2,1-3H3,(H,30,34). The third-order valence-electron chi connectivity index (χ3n) is 6.28. The lowest BCUT2D eigenvalue weighted by atomic mass is 10.0. The van der Waals surface area contributed by atoms with Crippen molar-refractivity contribution in [2.45, 2.75) is 58.7 Å². The topological polar surface area (TPSA) is 92.6 Å². The molecule has 0 radical (unpaired) electrons. The molecular weight excluding hydrogens is 454 g/mol. The van der Waals surface area contributed by atoms with Crippen LogP contribution in [0.2, 0.25) is 0 Å². The minimum atomic E-state index is -0.780. The summed E-state index contributed by atoms with van der Waals surface area (Å²) in [4.78, 5) is 39.9. The Morgan fingerprint density at radius 2 is 1.58 bits per heavy atom. The predicted molar refractivity (Wildman–Crippen MR) is 140 cm³/mol. The number of rotatable bonds is 11. The van der Waals surface area contributed by atoms with E-state index < -0.39 is 11.0 Å². The van der Waals surface area contributed by atoms with Crippen molar-refractivity contribution in [2.24, 2.45) is 0 Å². The summed E-state index contributed by atoms with van der Waals surface area (Å²) in [6.07, 6.45) is 0.911. The molecule has 0 saturated carbocycles. The Hall–Kier alpha value is -4.00. The first-order valence-corrected chi connectivity index (χ1v) is 12.2. The number of nitro benzene ring substituents is 1. The smallest absolute Gasteiger partial charge is 0.273 e. The predicted octanol–water partition coefficient (Wildman–Crippen LogP) is 5.00. The van der Waals surface area contributed by atoms with Gasteiger partial charge < -0.3 is 10.2 Å². The number of para-hydroxylation sites is 1. The number of carbonyl (C=O) groups is 2. The number of hydrogen-bond donors (Lipinski definition) is 1. The molecule has 188 valence electrons. The summed E-state index contributed by atoms with van der Waals surface area (Å²) in [5.41, 5.74) is 3.11. The molecule has 0 bridgehead atoms. The summed E-state index contributed by atoms with van der Waals surface area (Å²) in [6.45, 7) is 6.11. The average molecular weight is 488 g/mol. The number of carbonyl (C=O) groups excluding carboxylic acids is 2. The van der Waals surface area contributed by atoms with Gasteiger partial charge in [0.25, 0.3) is 5.69 Å². The van der Waals surface area contributed by atoms with Gasteiger partial charge in [-0.25, -0.2) is 0 Å². The number of hydrogen-bond acceptors (Lipinski definition) is 4. The fraction of sp³-hybridized carbons (Fsp3) is 0.310. The van der Waals surface area contributed by atoms with Crippen LogP contribution in [-0.2, 0) is 29.0 Å². The van der Waals surface area contributed by atoms with Crippen molar-refractivity contribution in [3.8, 4) is 0 Å². The summed E-state index contributed by atoms with van der Waals surface area (Å²) in [6, 6.07) is 22.8. The molecule has 3 aromatic carbocycles. The Morgan fingerprint density at radius 3 is 2.22 bits per heavy atom. The van der Waals surface area contributed by atoms with Crippen LogP contribution in [0.5, 0.6) is 0 Å². The van der Waals surface area contributed by atoms with Gasteiger partial charge >= 0.3 is 0 Å². The van der Waals surface area contributed by atoms with E-state index in [0.29, 0.717) is 12.0 Å². The number of benzene rings is 3. The van der Waals surface area contributed by atoms with Crippen molar-refractivity contribution in [1.82, 2.24) is 10.2 Å². The molecular formula is C29H33N3O4. The van der Waals surface area contributed by atoms with Crippen LogP contribution in [-0.4, -0.2) is 33.7 Å². The second-order valence-corrected chi connectivity index (χ2v) is 9.09. The summed E-state index contributed by atoms with van der Waals surface area (Å²) in [7, 11) is 0. The largest absolute Gasteiger partial charge is 0.352 e. The first kappa shape index (κ1) is 26.6. The zero-order chi connectivity index (χ0) is 26.1. The second kappa shape index (κ2) is 12.6. The van der Waals surface area contributed by atoms with Crippen LogP contribution in [0.4, 0.5) is 5.69 Å². The van der Waals surface area contributed by atoms with Crippen LogP contribution in [0, 0.1) is 17.0 Å². The van der Waals surface area contributed by atoms with E-state index in [9.17, 15) is 19.7 Å². The van der Waals surface area contributed by atoms with E-state index in [-0.39, 0.29) is 36.5 Å². The summed E-state index contributed by atoms with van der Waals surface area (Å²) >= 11 is 0.